The second-order valence-electron chi connectivity index (χ2n) is 5.89. The van der Waals surface area contributed by atoms with Gasteiger partial charge in [-0.25, -0.2) is 0 Å². The standard InChI is InChI=1S/C16H23IN2/c17-15-7-2-1-6-14(15)16-8-4-10-19(16)12-13-5-3-9-18-11-13/h1-2,6-7,13,16,18H,3-5,8-12H2. The monoisotopic (exact) mass is 370 g/mol. The highest BCUT2D eigenvalue weighted by molar-refractivity contribution is 14.1. The fraction of sp³-hybridized carbons (Fsp3) is 0.625. The maximum absolute atomic E-state index is 3.55. The van der Waals surface area contributed by atoms with Crippen LogP contribution in [0.5, 0.6) is 0 Å². The van der Waals surface area contributed by atoms with Gasteiger partial charge in [0.25, 0.3) is 0 Å². The quantitative estimate of drug-likeness (QED) is 0.821. The van der Waals surface area contributed by atoms with Gasteiger partial charge in [-0.05, 0) is 85.5 Å². The Kier molecular flexibility index (Phi) is 4.77. The molecule has 104 valence electrons. The van der Waals surface area contributed by atoms with Gasteiger partial charge in [-0.3, -0.25) is 4.90 Å². The summed E-state index contributed by atoms with van der Waals surface area (Å²) < 4.78 is 1.43. The summed E-state index contributed by atoms with van der Waals surface area (Å²) in [5, 5.41) is 3.55. The molecule has 2 heterocycles. The van der Waals surface area contributed by atoms with Crippen LogP contribution in [-0.4, -0.2) is 31.1 Å². The minimum atomic E-state index is 0.662. The van der Waals surface area contributed by atoms with Gasteiger partial charge in [0.1, 0.15) is 0 Å². The summed E-state index contributed by atoms with van der Waals surface area (Å²) in [6.07, 6.45) is 5.45. The minimum absolute atomic E-state index is 0.662. The number of nitrogens with one attached hydrogen (secondary N) is 1. The van der Waals surface area contributed by atoms with Crippen LogP contribution in [0.2, 0.25) is 0 Å². The summed E-state index contributed by atoms with van der Waals surface area (Å²) in [7, 11) is 0. The molecule has 0 aromatic heterocycles. The van der Waals surface area contributed by atoms with Crippen molar-refractivity contribution in [3.05, 3.63) is 33.4 Å². The third kappa shape index (κ3) is 3.31. The van der Waals surface area contributed by atoms with Gasteiger partial charge in [0, 0.05) is 16.2 Å². The zero-order valence-electron chi connectivity index (χ0n) is 11.4. The average Bonchev–Trinajstić information content (AvgIpc) is 2.88. The van der Waals surface area contributed by atoms with E-state index in [9.17, 15) is 0 Å². The molecule has 2 aliphatic rings. The van der Waals surface area contributed by atoms with Crippen molar-refractivity contribution in [3.63, 3.8) is 0 Å². The molecule has 0 radical (unpaired) electrons. The molecule has 2 unspecified atom stereocenters. The Bertz CT molecular complexity index is 415. The van der Waals surface area contributed by atoms with Crippen LogP contribution in [0, 0.1) is 9.49 Å². The Labute approximate surface area is 130 Å². The largest absolute Gasteiger partial charge is 0.316 e. The number of piperidine rings is 1. The molecule has 0 amide bonds. The predicted octanol–water partition coefficient (Wildman–Crippen LogP) is 3.43. The van der Waals surface area contributed by atoms with Crippen LogP contribution in [0.1, 0.15) is 37.3 Å². The van der Waals surface area contributed by atoms with Gasteiger partial charge >= 0.3 is 0 Å². The number of likely N-dealkylation sites (tertiary alicyclic amines) is 1. The average molecular weight is 370 g/mol. The van der Waals surface area contributed by atoms with E-state index in [-0.39, 0.29) is 0 Å². The van der Waals surface area contributed by atoms with E-state index in [0.29, 0.717) is 6.04 Å². The molecular weight excluding hydrogens is 347 g/mol. The normalized spacial score (nSPS) is 28.7. The molecule has 2 aliphatic heterocycles. The lowest BCUT2D eigenvalue weighted by Gasteiger charge is -2.31. The lowest BCUT2D eigenvalue weighted by atomic mass is 9.97. The van der Waals surface area contributed by atoms with E-state index in [0.717, 1.165) is 5.92 Å². The third-order valence-corrected chi connectivity index (χ3v) is 5.50. The molecule has 0 spiro atoms. The fourth-order valence-corrected chi connectivity index (χ4v) is 4.30. The van der Waals surface area contributed by atoms with Crippen molar-refractivity contribution in [1.82, 2.24) is 10.2 Å². The van der Waals surface area contributed by atoms with Crippen LogP contribution in [0.3, 0.4) is 0 Å². The molecular formula is C16H23IN2. The maximum atomic E-state index is 3.55. The molecule has 19 heavy (non-hydrogen) atoms. The van der Waals surface area contributed by atoms with Crippen molar-refractivity contribution in [1.29, 1.82) is 0 Å². The number of rotatable bonds is 3. The lowest BCUT2D eigenvalue weighted by molar-refractivity contribution is 0.195. The molecule has 0 saturated carbocycles. The first-order valence-electron chi connectivity index (χ1n) is 7.54. The Morgan fingerprint density at radius 1 is 1.21 bits per heavy atom. The van der Waals surface area contributed by atoms with E-state index in [4.69, 9.17) is 0 Å². The highest BCUT2D eigenvalue weighted by Crippen LogP contribution is 2.35. The van der Waals surface area contributed by atoms with Gasteiger partial charge in [0.2, 0.25) is 0 Å². The maximum Gasteiger partial charge on any atom is 0.0359 e. The Morgan fingerprint density at radius 3 is 2.89 bits per heavy atom. The molecule has 2 saturated heterocycles. The van der Waals surface area contributed by atoms with E-state index >= 15 is 0 Å². The Balaban J connectivity index is 1.69. The van der Waals surface area contributed by atoms with Crippen molar-refractivity contribution in [2.45, 2.75) is 31.7 Å². The molecule has 2 atom stereocenters. The van der Waals surface area contributed by atoms with Crippen molar-refractivity contribution in [3.8, 4) is 0 Å². The van der Waals surface area contributed by atoms with Crippen LogP contribution < -0.4 is 5.32 Å². The number of halogens is 1. The van der Waals surface area contributed by atoms with Crippen LogP contribution in [0.4, 0.5) is 0 Å². The molecule has 3 rings (SSSR count). The molecule has 1 aromatic carbocycles. The van der Waals surface area contributed by atoms with E-state index in [2.05, 4.69) is 57.1 Å². The molecule has 3 heteroatoms. The van der Waals surface area contributed by atoms with E-state index < -0.39 is 0 Å². The highest BCUT2D eigenvalue weighted by atomic mass is 127. The highest BCUT2D eigenvalue weighted by Gasteiger charge is 2.29. The lowest BCUT2D eigenvalue weighted by Crippen LogP contribution is -2.38. The number of hydrogen-bond acceptors (Lipinski definition) is 2. The number of nitrogens with zero attached hydrogens (tertiary/aromatic N) is 1. The Hall–Kier alpha value is -0.130. The molecule has 2 nitrogen and oxygen atoms in total. The van der Waals surface area contributed by atoms with Crippen LogP contribution >= 0.6 is 22.6 Å². The SMILES string of the molecule is Ic1ccccc1C1CCCN1CC1CCCNC1. The molecule has 1 N–H and O–H groups in total. The zero-order chi connectivity index (χ0) is 13.1. The summed E-state index contributed by atoms with van der Waals surface area (Å²) in [4.78, 5) is 2.73. The number of benzene rings is 1. The first kappa shape index (κ1) is 13.8. The molecule has 0 bridgehead atoms. The van der Waals surface area contributed by atoms with E-state index in [1.54, 1.807) is 5.56 Å². The second-order valence-corrected chi connectivity index (χ2v) is 7.05. The van der Waals surface area contributed by atoms with E-state index in [1.807, 2.05) is 0 Å². The van der Waals surface area contributed by atoms with Gasteiger partial charge in [-0.15, -0.1) is 0 Å². The molecule has 1 aromatic rings. The third-order valence-electron chi connectivity index (χ3n) is 4.52. The topological polar surface area (TPSA) is 15.3 Å². The van der Waals surface area contributed by atoms with Crippen LogP contribution in [0.25, 0.3) is 0 Å². The van der Waals surface area contributed by atoms with Crippen LogP contribution in [0.15, 0.2) is 24.3 Å². The van der Waals surface area contributed by atoms with Crippen molar-refractivity contribution in [2.24, 2.45) is 5.92 Å². The van der Waals surface area contributed by atoms with Crippen molar-refractivity contribution < 1.29 is 0 Å². The van der Waals surface area contributed by atoms with Gasteiger partial charge in [0.05, 0.1) is 0 Å². The summed E-state index contributed by atoms with van der Waals surface area (Å²) >= 11 is 2.49. The molecule has 0 aliphatic carbocycles. The predicted molar refractivity (Wildman–Crippen MR) is 88.3 cm³/mol. The first-order chi connectivity index (χ1) is 9.34. The summed E-state index contributed by atoms with van der Waals surface area (Å²) in [5.74, 6) is 0.857. The van der Waals surface area contributed by atoms with Gasteiger partial charge < -0.3 is 5.32 Å². The van der Waals surface area contributed by atoms with Crippen molar-refractivity contribution >= 4 is 22.6 Å². The number of hydrogen-bond donors (Lipinski definition) is 1. The van der Waals surface area contributed by atoms with Gasteiger partial charge in [0.15, 0.2) is 0 Å². The summed E-state index contributed by atoms with van der Waals surface area (Å²) in [6.45, 7) is 5.00. The Morgan fingerprint density at radius 2 is 2.11 bits per heavy atom. The molecule has 2 fully saturated rings. The van der Waals surface area contributed by atoms with E-state index in [1.165, 1.54) is 55.4 Å². The fourth-order valence-electron chi connectivity index (χ4n) is 3.55. The summed E-state index contributed by atoms with van der Waals surface area (Å²) in [6, 6.07) is 9.57. The minimum Gasteiger partial charge on any atom is -0.316 e. The first-order valence-corrected chi connectivity index (χ1v) is 8.61. The summed E-state index contributed by atoms with van der Waals surface area (Å²) in [5.41, 5.74) is 1.55. The second kappa shape index (κ2) is 6.55. The van der Waals surface area contributed by atoms with Gasteiger partial charge in [-0.1, -0.05) is 18.2 Å². The van der Waals surface area contributed by atoms with Gasteiger partial charge in [-0.2, -0.15) is 0 Å². The smallest absolute Gasteiger partial charge is 0.0359 e. The van der Waals surface area contributed by atoms with Crippen molar-refractivity contribution in [2.75, 3.05) is 26.2 Å². The van der Waals surface area contributed by atoms with Crippen LogP contribution in [-0.2, 0) is 0 Å². The zero-order valence-corrected chi connectivity index (χ0v) is 13.6.